The molecule has 0 spiro atoms. The SMILES string of the molecule is C[C@@H](NC(=O)c1cc(C(=O)NCCc2ccccn2)n2c1COCC2)c1ccccc1. The number of nitrogens with zero attached hydrogens (tertiary/aromatic N) is 2. The molecule has 3 heterocycles. The van der Waals surface area contributed by atoms with Gasteiger partial charge in [-0.05, 0) is 30.7 Å². The Morgan fingerprint density at radius 2 is 1.94 bits per heavy atom. The normalized spacial score (nSPS) is 13.8. The Hall–Kier alpha value is -3.45. The second-order valence-electron chi connectivity index (χ2n) is 7.53. The van der Waals surface area contributed by atoms with Crippen molar-refractivity contribution in [1.82, 2.24) is 20.2 Å². The summed E-state index contributed by atoms with van der Waals surface area (Å²) in [5.41, 5.74) is 3.64. The van der Waals surface area contributed by atoms with E-state index in [1.54, 1.807) is 12.3 Å². The first-order valence-corrected chi connectivity index (χ1v) is 10.5. The first-order valence-electron chi connectivity index (χ1n) is 10.5. The van der Waals surface area contributed by atoms with Crippen LogP contribution in [0.3, 0.4) is 0 Å². The topological polar surface area (TPSA) is 85.3 Å². The highest BCUT2D eigenvalue weighted by atomic mass is 16.5. The van der Waals surface area contributed by atoms with Crippen LogP contribution in [0.25, 0.3) is 0 Å². The van der Waals surface area contributed by atoms with Gasteiger partial charge in [0, 0.05) is 31.4 Å². The van der Waals surface area contributed by atoms with Crippen LogP contribution in [0.15, 0.2) is 60.8 Å². The quantitative estimate of drug-likeness (QED) is 0.618. The molecule has 31 heavy (non-hydrogen) atoms. The number of aromatic nitrogens is 2. The molecule has 1 aliphatic heterocycles. The molecule has 3 aromatic rings. The van der Waals surface area contributed by atoms with Gasteiger partial charge in [0.1, 0.15) is 5.69 Å². The van der Waals surface area contributed by atoms with Crippen molar-refractivity contribution < 1.29 is 14.3 Å². The fourth-order valence-electron chi connectivity index (χ4n) is 3.75. The van der Waals surface area contributed by atoms with Crippen LogP contribution >= 0.6 is 0 Å². The van der Waals surface area contributed by atoms with Crippen LogP contribution in [-0.4, -0.2) is 34.5 Å². The summed E-state index contributed by atoms with van der Waals surface area (Å²) >= 11 is 0. The number of hydrogen-bond acceptors (Lipinski definition) is 4. The predicted molar refractivity (Wildman–Crippen MR) is 117 cm³/mol. The van der Waals surface area contributed by atoms with E-state index in [0.29, 0.717) is 44.0 Å². The van der Waals surface area contributed by atoms with Crippen LogP contribution in [0, 0.1) is 0 Å². The lowest BCUT2D eigenvalue weighted by atomic mass is 10.1. The third-order valence-electron chi connectivity index (χ3n) is 5.42. The fourth-order valence-corrected chi connectivity index (χ4v) is 3.75. The molecule has 0 aliphatic carbocycles. The Morgan fingerprint density at radius 1 is 1.13 bits per heavy atom. The predicted octanol–water partition coefficient (Wildman–Crippen LogP) is 2.88. The summed E-state index contributed by atoms with van der Waals surface area (Å²) in [6.07, 6.45) is 2.38. The maximum atomic E-state index is 13.0. The number of amides is 2. The Morgan fingerprint density at radius 3 is 2.71 bits per heavy atom. The van der Waals surface area contributed by atoms with Crippen molar-refractivity contribution in [3.8, 4) is 0 Å². The molecule has 0 saturated carbocycles. The minimum Gasteiger partial charge on any atom is -0.373 e. The Labute approximate surface area is 181 Å². The zero-order chi connectivity index (χ0) is 21.6. The largest absolute Gasteiger partial charge is 0.373 e. The monoisotopic (exact) mass is 418 g/mol. The molecule has 2 aromatic heterocycles. The minimum atomic E-state index is -0.210. The van der Waals surface area contributed by atoms with E-state index in [0.717, 1.165) is 17.0 Å². The van der Waals surface area contributed by atoms with Gasteiger partial charge in [-0.1, -0.05) is 36.4 Å². The maximum Gasteiger partial charge on any atom is 0.267 e. The number of rotatable bonds is 7. The molecular formula is C24H26N4O3. The molecule has 1 atom stereocenters. The second-order valence-corrected chi connectivity index (χ2v) is 7.53. The van der Waals surface area contributed by atoms with Crippen LogP contribution in [-0.2, 0) is 24.3 Å². The molecule has 0 unspecified atom stereocenters. The molecular weight excluding hydrogens is 392 g/mol. The van der Waals surface area contributed by atoms with Crippen LogP contribution < -0.4 is 10.6 Å². The average Bonchev–Trinajstić information content (AvgIpc) is 3.20. The van der Waals surface area contributed by atoms with E-state index in [1.807, 2.05) is 60.0 Å². The third-order valence-corrected chi connectivity index (χ3v) is 5.42. The lowest BCUT2D eigenvalue weighted by molar-refractivity contribution is 0.0777. The van der Waals surface area contributed by atoms with Crippen molar-refractivity contribution >= 4 is 11.8 Å². The maximum absolute atomic E-state index is 13.0. The highest BCUT2D eigenvalue weighted by Gasteiger charge is 2.26. The lowest BCUT2D eigenvalue weighted by Crippen LogP contribution is -2.30. The zero-order valence-electron chi connectivity index (χ0n) is 17.5. The van der Waals surface area contributed by atoms with E-state index >= 15 is 0 Å². The molecule has 1 aromatic carbocycles. The first-order chi connectivity index (χ1) is 15.1. The van der Waals surface area contributed by atoms with Gasteiger partial charge in [0.15, 0.2) is 0 Å². The molecule has 7 heteroatoms. The Bertz CT molecular complexity index is 1050. The number of nitrogens with one attached hydrogen (secondary N) is 2. The van der Waals surface area contributed by atoms with Gasteiger partial charge in [0.05, 0.1) is 30.5 Å². The first kappa shape index (κ1) is 20.8. The van der Waals surface area contributed by atoms with Crippen LogP contribution in [0.1, 0.15) is 50.8 Å². The molecule has 0 fully saturated rings. The minimum absolute atomic E-state index is 0.149. The van der Waals surface area contributed by atoms with Crippen LogP contribution in [0.4, 0.5) is 0 Å². The lowest BCUT2D eigenvalue weighted by Gasteiger charge is -2.20. The van der Waals surface area contributed by atoms with E-state index in [2.05, 4.69) is 15.6 Å². The molecule has 2 amide bonds. The van der Waals surface area contributed by atoms with Gasteiger partial charge in [0.25, 0.3) is 11.8 Å². The molecule has 4 rings (SSSR count). The van der Waals surface area contributed by atoms with Crippen molar-refractivity contribution in [2.75, 3.05) is 13.2 Å². The second kappa shape index (κ2) is 9.57. The van der Waals surface area contributed by atoms with Gasteiger partial charge in [-0.3, -0.25) is 14.6 Å². The van der Waals surface area contributed by atoms with Crippen LogP contribution in [0.5, 0.6) is 0 Å². The van der Waals surface area contributed by atoms with Crippen molar-refractivity contribution in [3.63, 3.8) is 0 Å². The smallest absolute Gasteiger partial charge is 0.267 e. The summed E-state index contributed by atoms with van der Waals surface area (Å²) in [7, 11) is 0. The number of benzene rings is 1. The molecule has 160 valence electrons. The molecule has 0 saturated heterocycles. The van der Waals surface area contributed by atoms with Gasteiger partial charge >= 0.3 is 0 Å². The van der Waals surface area contributed by atoms with Crippen molar-refractivity contribution in [3.05, 3.63) is 89.0 Å². The highest BCUT2D eigenvalue weighted by Crippen LogP contribution is 2.22. The standard InChI is InChI=1S/C24H26N4O3/c1-17(18-7-3-2-4-8-18)27-23(29)20-15-21(28-13-14-31-16-22(20)28)24(30)26-12-10-19-9-5-6-11-25-19/h2-9,11,15,17H,10,12-14,16H2,1H3,(H,26,30)(H,27,29)/t17-/m1/s1. The fraction of sp³-hybridized carbons (Fsp3) is 0.292. The molecule has 1 aliphatic rings. The summed E-state index contributed by atoms with van der Waals surface area (Å²) < 4.78 is 7.46. The van der Waals surface area contributed by atoms with E-state index in [9.17, 15) is 9.59 Å². The van der Waals surface area contributed by atoms with Gasteiger partial charge in [-0.2, -0.15) is 0 Å². The summed E-state index contributed by atoms with van der Waals surface area (Å²) in [6.45, 7) is 3.78. The van der Waals surface area contributed by atoms with E-state index in [-0.39, 0.29) is 17.9 Å². The average molecular weight is 418 g/mol. The zero-order valence-corrected chi connectivity index (χ0v) is 17.5. The summed E-state index contributed by atoms with van der Waals surface area (Å²) in [5.74, 6) is -0.410. The number of hydrogen-bond donors (Lipinski definition) is 2. The third kappa shape index (κ3) is 4.83. The van der Waals surface area contributed by atoms with Gasteiger partial charge < -0.3 is 19.9 Å². The van der Waals surface area contributed by atoms with Crippen molar-refractivity contribution in [1.29, 1.82) is 0 Å². The van der Waals surface area contributed by atoms with Crippen LogP contribution in [0.2, 0.25) is 0 Å². The number of fused-ring (bicyclic) bond motifs is 1. The molecule has 0 bridgehead atoms. The Balaban J connectivity index is 1.48. The molecule has 2 N–H and O–H groups in total. The summed E-state index contributed by atoms with van der Waals surface area (Å²) in [4.78, 5) is 30.1. The number of carbonyl (C=O) groups is 2. The number of carbonyl (C=O) groups excluding carboxylic acids is 2. The van der Waals surface area contributed by atoms with E-state index in [1.165, 1.54) is 0 Å². The highest BCUT2D eigenvalue weighted by molar-refractivity contribution is 6.00. The summed E-state index contributed by atoms with van der Waals surface area (Å²) in [5, 5.41) is 5.98. The molecule has 7 nitrogen and oxygen atoms in total. The van der Waals surface area contributed by atoms with Crippen molar-refractivity contribution in [2.45, 2.75) is 32.5 Å². The number of ether oxygens (including phenoxy) is 1. The van der Waals surface area contributed by atoms with Gasteiger partial charge in [-0.25, -0.2) is 0 Å². The van der Waals surface area contributed by atoms with Crippen molar-refractivity contribution in [2.24, 2.45) is 0 Å². The molecule has 0 radical (unpaired) electrons. The van der Waals surface area contributed by atoms with Gasteiger partial charge in [-0.15, -0.1) is 0 Å². The summed E-state index contributed by atoms with van der Waals surface area (Å²) in [6, 6.07) is 17.0. The van der Waals surface area contributed by atoms with E-state index in [4.69, 9.17) is 4.74 Å². The van der Waals surface area contributed by atoms with Gasteiger partial charge in [0.2, 0.25) is 0 Å². The van der Waals surface area contributed by atoms with E-state index < -0.39 is 0 Å². The number of pyridine rings is 1. The Kier molecular flexibility index (Phi) is 6.43.